The lowest BCUT2D eigenvalue weighted by Gasteiger charge is -2.13. The van der Waals surface area contributed by atoms with E-state index in [2.05, 4.69) is 10.3 Å². The molecular weight excluding hydrogens is 284 g/mol. The van der Waals surface area contributed by atoms with E-state index in [4.69, 9.17) is 9.84 Å². The minimum absolute atomic E-state index is 0.111. The number of carboxylic acid groups (broad SMARTS) is 1. The molecule has 0 radical (unpaired) electrons. The van der Waals surface area contributed by atoms with Crippen molar-refractivity contribution in [3.63, 3.8) is 0 Å². The van der Waals surface area contributed by atoms with E-state index < -0.39 is 28.7 Å². The molecule has 2 N–H and O–H groups in total. The van der Waals surface area contributed by atoms with Crippen molar-refractivity contribution in [3.05, 3.63) is 23.9 Å². The Hall–Kier alpha value is -1.96. The highest BCUT2D eigenvalue weighted by Crippen LogP contribution is 2.15. The molecule has 110 valence electrons. The average Bonchev–Trinajstić information content (AvgIpc) is 2.37. The van der Waals surface area contributed by atoms with Crippen LogP contribution in [0.4, 0.5) is 0 Å². The summed E-state index contributed by atoms with van der Waals surface area (Å²) in [6, 6.07) is 2.21. The molecule has 2 unspecified atom stereocenters. The largest absolute Gasteiger partial charge is 0.481 e. The molecule has 8 heteroatoms. The van der Waals surface area contributed by atoms with Crippen LogP contribution in [0.15, 0.2) is 18.3 Å². The van der Waals surface area contributed by atoms with Crippen LogP contribution in [0.5, 0.6) is 5.88 Å². The van der Waals surface area contributed by atoms with E-state index in [-0.39, 0.29) is 11.5 Å². The SMILES string of the molecule is COc1ncccc1CS(=O)CC(NC(C)=O)C(=O)O. The first-order valence-corrected chi connectivity index (χ1v) is 7.25. The maximum absolute atomic E-state index is 12.0. The van der Waals surface area contributed by atoms with Gasteiger partial charge in [-0.3, -0.25) is 9.00 Å². The number of carboxylic acids is 1. The van der Waals surface area contributed by atoms with E-state index >= 15 is 0 Å². The molecule has 0 aromatic carbocycles. The van der Waals surface area contributed by atoms with E-state index in [0.29, 0.717) is 11.4 Å². The molecule has 1 heterocycles. The zero-order chi connectivity index (χ0) is 15.1. The number of amides is 1. The number of rotatable bonds is 7. The molecule has 1 aromatic rings. The molecule has 0 fully saturated rings. The zero-order valence-electron chi connectivity index (χ0n) is 11.2. The Labute approximate surface area is 118 Å². The Morgan fingerprint density at radius 3 is 2.80 bits per heavy atom. The number of aliphatic carboxylic acids is 1. The van der Waals surface area contributed by atoms with Crippen molar-refractivity contribution in [1.82, 2.24) is 10.3 Å². The lowest BCUT2D eigenvalue weighted by atomic mass is 10.3. The minimum Gasteiger partial charge on any atom is -0.481 e. The molecule has 0 aliphatic rings. The third-order valence-corrected chi connectivity index (χ3v) is 3.73. The van der Waals surface area contributed by atoms with E-state index in [1.54, 1.807) is 18.3 Å². The second-order valence-electron chi connectivity index (χ2n) is 4.01. The lowest BCUT2D eigenvalue weighted by Crippen LogP contribution is -2.43. The monoisotopic (exact) mass is 300 g/mol. The molecular formula is C12H16N2O5S. The summed E-state index contributed by atoms with van der Waals surface area (Å²) in [5, 5.41) is 11.2. The fraction of sp³-hybridized carbons (Fsp3) is 0.417. The predicted octanol–water partition coefficient (Wildman–Crippen LogP) is -0.0718. The van der Waals surface area contributed by atoms with Crippen LogP contribution >= 0.6 is 0 Å². The molecule has 1 rings (SSSR count). The van der Waals surface area contributed by atoms with Crippen LogP contribution in [-0.2, 0) is 26.1 Å². The number of nitrogens with one attached hydrogen (secondary N) is 1. The predicted molar refractivity (Wildman–Crippen MR) is 72.7 cm³/mol. The summed E-state index contributed by atoms with van der Waals surface area (Å²) in [5.74, 6) is -1.40. The van der Waals surface area contributed by atoms with Gasteiger partial charge in [-0.2, -0.15) is 0 Å². The second-order valence-corrected chi connectivity index (χ2v) is 5.52. The number of carbonyl (C=O) groups is 2. The van der Waals surface area contributed by atoms with Crippen molar-refractivity contribution in [2.24, 2.45) is 0 Å². The standard InChI is InChI=1S/C12H16N2O5S/c1-8(15)14-10(12(16)17)7-20(18)6-9-4-3-5-13-11(9)19-2/h3-5,10H,6-7H2,1-2H3,(H,14,15)(H,16,17). The van der Waals surface area contributed by atoms with Gasteiger partial charge in [0.25, 0.3) is 0 Å². The number of carbonyl (C=O) groups excluding carboxylic acids is 1. The maximum atomic E-state index is 12.0. The van der Waals surface area contributed by atoms with Gasteiger partial charge in [0.15, 0.2) is 0 Å². The third kappa shape index (κ3) is 4.96. The Morgan fingerprint density at radius 2 is 2.25 bits per heavy atom. The highest BCUT2D eigenvalue weighted by atomic mass is 32.2. The summed E-state index contributed by atoms with van der Waals surface area (Å²) in [7, 11) is -0.0150. The highest BCUT2D eigenvalue weighted by molar-refractivity contribution is 7.84. The molecule has 7 nitrogen and oxygen atoms in total. The number of hydrogen-bond acceptors (Lipinski definition) is 5. The first kappa shape index (κ1) is 16.1. The van der Waals surface area contributed by atoms with Crippen LogP contribution in [-0.4, -0.2) is 45.1 Å². The molecule has 1 aromatic heterocycles. The van der Waals surface area contributed by atoms with Gasteiger partial charge >= 0.3 is 5.97 Å². The van der Waals surface area contributed by atoms with E-state index in [0.717, 1.165) is 0 Å². The number of aromatic nitrogens is 1. The van der Waals surface area contributed by atoms with E-state index in [1.807, 2.05) is 0 Å². The molecule has 1 amide bonds. The summed E-state index contributed by atoms with van der Waals surface area (Å²) in [6.45, 7) is 1.21. The Kier molecular flexibility index (Phi) is 6.10. The van der Waals surface area contributed by atoms with Crippen LogP contribution < -0.4 is 10.1 Å². The maximum Gasteiger partial charge on any atom is 0.327 e. The smallest absolute Gasteiger partial charge is 0.327 e. The molecule has 0 saturated carbocycles. The average molecular weight is 300 g/mol. The molecule has 20 heavy (non-hydrogen) atoms. The van der Waals surface area contributed by atoms with E-state index in [9.17, 15) is 13.8 Å². The molecule has 0 spiro atoms. The lowest BCUT2D eigenvalue weighted by molar-refractivity contribution is -0.140. The Morgan fingerprint density at radius 1 is 1.55 bits per heavy atom. The van der Waals surface area contributed by atoms with Crippen molar-refractivity contribution in [3.8, 4) is 5.88 Å². The van der Waals surface area contributed by atoms with Crippen LogP contribution in [0.3, 0.4) is 0 Å². The van der Waals surface area contributed by atoms with Crippen molar-refractivity contribution < 1.29 is 23.6 Å². The normalized spacial score (nSPS) is 13.3. The summed E-state index contributed by atoms with van der Waals surface area (Å²) in [6.07, 6.45) is 1.54. The molecule has 2 atom stereocenters. The van der Waals surface area contributed by atoms with Crippen LogP contribution in [0.25, 0.3) is 0 Å². The van der Waals surface area contributed by atoms with Crippen LogP contribution in [0.1, 0.15) is 12.5 Å². The van der Waals surface area contributed by atoms with Gasteiger partial charge in [-0.1, -0.05) is 6.07 Å². The Balaban J connectivity index is 2.70. The molecule has 0 bridgehead atoms. The quantitative estimate of drug-likeness (QED) is 0.730. The van der Waals surface area contributed by atoms with Gasteiger partial charge in [-0.05, 0) is 6.07 Å². The first-order valence-electron chi connectivity index (χ1n) is 5.76. The zero-order valence-corrected chi connectivity index (χ0v) is 12.0. The van der Waals surface area contributed by atoms with E-state index in [1.165, 1.54) is 14.0 Å². The molecule has 0 aliphatic heterocycles. The van der Waals surface area contributed by atoms with Gasteiger partial charge < -0.3 is 15.2 Å². The summed E-state index contributed by atoms with van der Waals surface area (Å²) < 4.78 is 17.0. The summed E-state index contributed by atoms with van der Waals surface area (Å²) >= 11 is 0. The number of ether oxygens (including phenoxy) is 1. The number of hydrogen-bond donors (Lipinski definition) is 2. The molecule has 0 aliphatic carbocycles. The number of pyridine rings is 1. The first-order chi connectivity index (χ1) is 9.43. The number of methoxy groups -OCH3 is 1. The topological polar surface area (TPSA) is 106 Å². The molecule has 0 saturated heterocycles. The minimum atomic E-state index is -1.47. The second kappa shape index (κ2) is 7.59. The van der Waals surface area contributed by atoms with Crippen LogP contribution in [0, 0.1) is 0 Å². The summed E-state index contributed by atoms with van der Waals surface area (Å²) in [5.41, 5.74) is 0.625. The van der Waals surface area contributed by atoms with Crippen molar-refractivity contribution in [2.75, 3.05) is 12.9 Å². The van der Waals surface area contributed by atoms with Gasteiger partial charge in [0, 0.05) is 29.5 Å². The van der Waals surface area contributed by atoms with Gasteiger partial charge in [-0.25, -0.2) is 9.78 Å². The Bertz CT molecular complexity index is 520. The fourth-order valence-electron chi connectivity index (χ4n) is 1.56. The number of nitrogens with zero attached hydrogens (tertiary/aromatic N) is 1. The third-order valence-electron chi connectivity index (χ3n) is 2.39. The van der Waals surface area contributed by atoms with Crippen molar-refractivity contribution >= 4 is 22.7 Å². The van der Waals surface area contributed by atoms with Crippen molar-refractivity contribution in [1.29, 1.82) is 0 Å². The fourth-order valence-corrected chi connectivity index (χ4v) is 2.84. The van der Waals surface area contributed by atoms with Crippen LogP contribution in [0.2, 0.25) is 0 Å². The van der Waals surface area contributed by atoms with Gasteiger partial charge in [0.05, 0.1) is 18.6 Å². The highest BCUT2D eigenvalue weighted by Gasteiger charge is 2.22. The van der Waals surface area contributed by atoms with Gasteiger partial charge in [0.1, 0.15) is 6.04 Å². The van der Waals surface area contributed by atoms with Crippen molar-refractivity contribution in [2.45, 2.75) is 18.7 Å². The summed E-state index contributed by atoms with van der Waals surface area (Å²) in [4.78, 5) is 25.8. The van der Waals surface area contributed by atoms with Gasteiger partial charge in [0.2, 0.25) is 11.8 Å². The van der Waals surface area contributed by atoms with Gasteiger partial charge in [-0.15, -0.1) is 0 Å².